The molecule has 0 fully saturated rings. The second kappa shape index (κ2) is 10.8. The fourth-order valence-corrected chi connectivity index (χ4v) is 5.71. The highest BCUT2D eigenvalue weighted by Gasteiger charge is 2.31. The molecule has 0 aliphatic rings. The number of rotatable bonds is 13. The first-order valence-electron chi connectivity index (χ1n) is 9.23. The van der Waals surface area contributed by atoms with Crippen LogP contribution in [0.4, 0.5) is 5.69 Å². The molecule has 1 aromatic carbocycles. The van der Waals surface area contributed by atoms with Crippen LogP contribution < -0.4 is 9.44 Å². The van der Waals surface area contributed by atoms with Crippen LogP contribution in [-0.4, -0.2) is 40.1 Å². The van der Waals surface area contributed by atoms with E-state index >= 15 is 0 Å². The van der Waals surface area contributed by atoms with Crippen LogP contribution >= 0.6 is 0 Å². The molecule has 0 saturated carbocycles. The second-order valence-corrected chi connectivity index (χ2v) is 10.5. The Morgan fingerprint density at radius 3 is 2.29 bits per heavy atom. The number of nitrogens with zero attached hydrogens (tertiary/aromatic N) is 1. The van der Waals surface area contributed by atoms with Crippen molar-refractivity contribution in [3.63, 3.8) is 0 Å². The minimum absolute atomic E-state index is 0.296. The Balaban J connectivity index is 2.91. The number of nitro benzene ring substituents is 1. The molecule has 1 atom stereocenters. The molecule has 0 aliphatic carbocycles. The fraction of sp³-hybridized carbons (Fsp3) is 0.647. The average molecular weight is 436 g/mol. The summed E-state index contributed by atoms with van der Waals surface area (Å²) in [5.74, 6) is -0.785. The lowest BCUT2D eigenvalue weighted by atomic mass is 10.1. The Kier molecular flexibility index (Phi) is 9.48. The third-order valence-electron chi connectivity index (χ3n) is 4.21. The topological polar surface area (TPSA) is 135 Å². The van der Waals surface area contributed by atoms with Gasteiger partial charge in [0.15, 0.2) is 4.90 Å². The Hall–Kier alpha value is -1.56. The van der Waals surface area contributed by atoms with E-state index in [1.807, 2.05) is 0 Å². The van der Waals surface area contributed by atoms with E-state index in [1.165, 1.54) is 12.1 Å². The van der Waals surface area contributed by atoms with Crippen LogP contribution in [0.15, 0.2) is 29.2 Å². The number of sulfonamides is 2. The maximum atomic E-state index is 12.7. The largest absolute Gasteiger partial charge is 0.289 e. The van der Waals surface area contributed by atoms with Crippen LogP contribution in [0.25, 0.3) is 0 Å². The van der Waals surface area contributed by atoms with E-state index in [2.05, 4.69) is 16.4 Å². The number of hydrogen-bond donors (Lipinski definition) is 2. The molecule has 11 heteroatoms. The number of para-hydroxylation sites is 1. The summed E-state index contributed by atoms with van der Waals surface area (Å²) in [5, 5.41) is 11.1. The molecule has 0 aromatic heterocycles. The highest BCUT2D eigenvalue weighted by Crippen LogP contribution is 2.23. The molecule has 0 amide bonds. The van der Waals surface area contributed by atoms with E-state index in [9.17, 15) is 26.9 Å². The van der Waals surface area contributed by atoms with Crippen molar-refractivity contribution in [2.45, 2.75) is 57.4 Å². The predicted molar refractivity (Wildman–Crippen MR) is 108 cm³/mol. The van der Waals surface area contributed by atoms with Crippen LogP contribution in [0.5, 0.6) is 0 Å². The molecule has 0 unspecified atom stereocenters. The number of nitro groups is 1. The molecule has 0 saturated heterocycles. The minimum atomic E-state index is -4.27. The van der Waals surface area contributed by atoms with Gasteiger partial charge in [-0.05, 0) is 18.4 Å². The van der Waals surface area contributed by atoms with Gasteiger partial charge in [-0.3, -0.25) is 10.1 Å². The summed E-state index contributed by atoms with van der Waals surface area (Å²) in [6.07, 6.45) is 3.68. The van der Waals surface area contributed by atoms with Gasteiger partial charge in [-0.25, -0.2) is 26.3 Å². The summed E-state index contributed by atoms with van der Waals surface area (Å²) in [7, 11) is -7.97. The quantitative estimate of drug-likeness (QED) is 0.277. The zero-order chi connectivity index (χ0) is 21.4. The van der Waals surface area contributed by atoms with Crippen molar-refractivity contribution in [1.82, 2.24) is 9.44 Å². The predicted octanol–water partition coefficient (Wildman–Crippen LogP) is 2.40. The van der Waals surface area contributed by atoms with E-state index in [-0.39, 0.29) is 5.92 Å². The molecule has 0 bridgehead atoms. The molecule has 28 heavy (non-hydrogen) atoms. The third-order valence-corrected chi connectivity index (χ3v) is 7.19. The van der Waals surface area contributed by atoms with Gasteiger partial charge >= 0.3 is 0 Å². The molecule has 0 spiro atoms. The Bertz CT molecular complexity index is 853. The maximum Gasteiger partial charge on any atom is 0.289 e. The van der Waals surface area contributed by atoms with E-state index in [1.54, 1.807) is 13.8 Å². The zero-order valence-corrected chi connectivity index (χ0v) is 18.1. The molecular weight excluding hydrogens is 406 g/mol. The van der Waals surface area contributed by atoms with Crippen LogP contribution in [-0.2, 0) is 20.0 Å². The molecule has 9 nitrogen and oxygen atoms in total. The van der Waals surface area contributed by atoms with Crippen LogP contribution in [0.2, 0.25) is 0 Å². The highest BCUT2D eigenvalue weighted by molar-refractivity contribution is 7.90. The number of unbranched alkanes of at least 4 members (excludes halogenated alkanes) is 3. The van der Waals surface area contributed by atoms with E-state index in [0.29, 0.717) is 13.0 Å². The zero-order valence-electron chi connectivity index (χ0n) is 16.4. The van der Waals surface area contributed by atoms with Gasteiger partial charge in [0.05, 0.1) is 10.7 Å². The molecule has 2 N–H and O–H groups in total. The van der Waals surface area contributed by atoms with Gasteiger partial charge in [-0.2, -0.15) is 0 Å². The molecule has 0 radical (unpaired) electrons. The first kappa shape index (κ1) is 24.5. The molecule has 0 heterocycles. The molecule has 160 valence electrons. The van der Waals surface area contributed by atoms with Crippen molar-refractivity contribution in [2.24, 2.45) is 5.92 Å². The van der Waals surface area contributed by atoms with Crippen molar-refractivity contribution < 1.29 is 21.8 Å². The Labute approximate surface area is 167 Å². The lowest BCUT2D eigenvalue weighted by molar-refractivity contribution is -0.387. The molecule has 0 aliphatic heterocycles. The van der Waals surface area contributed by atoms with Crippen molar-refractivity contribution in [2.75, 3.05) is 12.3 Å². The summed E-state index contributed by atoms with van der Waals surface area (Å²) < 4.78 is 54.8. The van der Waals surface area contributed by atoms with Crippen LogP contribution in [0.1, 0.15) is 46.5 Å². The number of benzene rings is 1. The van der Waals surface area contributed by atoms with E-state index in [4.69, 9.17) is 0 Å². The van der Waals surface area contributed by atoms with Gasteiger partial charge in [0.2, 0.25) is 20.0 Å². The van der Waals surface area contributed by atoms with Crippen LogP contribution in [0, 0.1) is 16.0 Å². The SMILES string of the molecule is CCCCCCNS(=O)(=O)C[C@@H](NS(=O)(=O)c1ccccc1[N+](=O)[O-])C(C)C. The first-order chi connectivity index (χ1) is 13.0. The van der Waals surface area contributed by atoms with Crippen molar-refractivity contribution in [3.8, 4) is 0 Å². The fourth-order valence-electron chi connectivity index (χ4n) is 2.54. The monoisotopic (exact) mass is 435 g/mol. The van der Waals surface area contributed by atoms with Crippen molar-refractivity contribution in [1.29, 1.82) is 0 Å². The summed E-state index contributed by atoms with van der Waals surface area (Å²) in [5.41, 5.74) is -0.561. The van der Waals surface area contributed by atoms with Gasteiger partial charge < -0.3 is 0 Å². The van der Waals surface area contributed by atoms with E-state index in [0.717, 1.165) is 31.4 Å². The smallest absolute Gasteiger partial charge is 0.258 e. The van der Waals surface area contributed by atoms with Gasteiger partial charge in [-0.1, -0.05) is 52.2 Å². The van der Waals surface area contributed by atoms with Gasteiger partial charge in [-0.15, -0.1) is 0 Å². The molecule has 1 aromatic rings. The average Bonchev–Trinajstić information content (AvgIpc) is 2.60. The lowest BCUT2D eigenvalue weighted by Crippen LogP contribution is -2.45. The van der Waals surface area contributed by atoms with Crippen molar-refractivity contribution in [3.05, 3.63) is 34.4 Å². The lowest BCUT2D eigenvalue weighted by Gasteiger charge is -2.22. The van der Waals surface area contributed by atoms with Crippen molar-refractivity contribution >= 4 is 25.7 Å². The second-order valence-electron chi connectivity index (χ2n) is 6.93. The van der Waals surface area contributed by atoms with Gasteiger partial charge in [0, 0.05) is 18.7 Å². The Morgan fingerprint density at radius 2 is 1.71 bits per heavy atom. The third kappa shape index (κ3) is 7.82. The standard InChI is InChI=1S/C17H29N3O6S2/c1-4-5-6-9-12-18-27(23,24)13-15(14(2)3)19-28(25,26)17-11-8-7-10-16(17)20(21)22/h7-8,10-11,14-15,18-19H,4-6,9,12-13H2,1-3H3/t15-/m1/s1. The number of nitrogens with one attached hydrogen (secondary N) is 2. The van der Waals surface area contributed by atoms with E-state index < -0.39 is 47.3 Å². The normalized spacial score (nSPS) is 13.6. The summed E-state index contributed by atoms with van der Waals surface area (Å²) >= 11 is 0. The molecule has 1 rings (SSSR count). The Morgan fingerprint density at radius 1 is 1.07 bits per heavy atom. The first-order valence-corrected chi connectivity index (χ1v) is 12.4. The summed E-state index contributed by atoms with van der Waals surface area (Å²) in [4.78, 5) is 9.84. The summed E-state index contributed by atoms with van der Waals surface area (Å²) in [6.45, 7) is 5.72. The number of hydrogen-bond acceptors (Lipinski definition) is 6. The minimum Gasteiger partial charge on any atom is -0.258 e. The molecular formula is C17H29N3O6S2. The van der Waals surface area contributed by atoms with Gasteiger partial charge in [0.25, 0.3) is 5.69 Å². The van der Waals surface area contributed by atoms with Gasteiger partial charge in [0.1, 0.15) is 0 Å². The highest BCUT2D eigenvalue weighted by atomic mass is 32.2. The van der Waals surface area contributed by atoms with Crippen LogP contribution in [0.3, 0.4) is 0 Å². The maximum absolute atomic E-state index is 12.7. The summed E-state index contributed by atoms with van der Waals surface area (Å²) in [6, 6.07) is 4.02.